The summed E-state index contributed by atoms with van der Waals surface area (Å²) in [6, 6.07) is 9.66. The minimum atomic E-state index is -0.156. The molecule has 0 radical (unpaired) electrons. The van der Waals surface area contributed by atoms with Gasteiger partial charge in [-0.1, -0.05) is 30.3 Å². The largest absolute Gasteiger partial charge is 0.340 e. The maximum absolute atomic E-state index is 12.0. The summed E-state index contributed by atoms with van der Waals surface area (Å²) in [5, 5.41) is 6.01. The van der Waals surface area contributed by atoms with Crippen LogP contribution >= 0.6 is 12.4 Å². The van der Waals surface area contributed by atoms with Crippen LogP contribution in [0, 0.1) is 0 Å². The highest BCUT2D eigenvalue weighted by Gasteiger charge is 2.16. The molecule has 0 aliphatic carbocycles. The molecule has 2 N–H and O–H groups in total. The summed E-state index contributed by atoms with van der Waals surface area (Å²) in [7, 11) is 1.75. The maximum atomic E-state index is 12.0. The summed E-state index contributed by atoms with van der Waals surface area (Å²) in [4.78, 5) is 27.4. The summed E-state index contributed by atoms with van der Waals surface area (Å²) in [6.45, 7) is 4.12. The van der Waals surface area contributed by atoms with Gasteiger partial charge in [0, 0.05) is 52.7 Å². The summed E-state index contributed by atoms with van der Waals surface area (Å²) < 4.78 is 0. The standard InChI is InChI=1S/C16H24N4O2.ClH/c1-19(13-14-5-3-2-4-6-14)16(22)18-8-7-15(21)20-11-9-17-10-12-20;/h2-6,17H,7-13H2,1H3,(H,18,22);1H. The quantitative estimate of drug-likeness (QED) is 0.842. The lowest BCUT2D eigenvalue weighted by atomic mass is 10.2. The molecule has 1 aliphatic heterocycles. The first-order valence-corrected chi connectivity index (χ1v) is 7.68. The second-order valence-corrected chi connectivity index (χ2v) is 5.45. The molecule has 1 aromatic carbocycles. The molecule has 0 atom stereocenters. The van der Waals surface area contributed by atoms with Crippen molar-refractivity contribution in [2.75, 3.05) is 39.8 Å². The minimum Gasteiger partial charge on any atom is -0.340 e. The van der Waals surface area contributed by atoms with E-state index in [9.17, 15) is 9.59 Å². The van der Waals surface area contributed by atoms with Gasteiger partial charge in [0.05, 0.1) is 0 Å². The molecule has 3 amide bonds. The number of nitrogens with one attached hydrogen (secondary N) is 2. The Kier molecular flexibility index (Phi) is 8.43. The van der Waals surface area contributed by atoms with Gasteiger partial charge in [-0.15, -0.1) is 12.4 Å². The summed E-state index contributed by atoms with van der Waals surface area (Å²) in [6.07, 6.45) is 0.352. The van der Waals surface area contributed by atoms with Crippen molar-refractivity contribution in [1.82, 2.24) is 20.4 Å². The van der Waals surface area contributed by atoms with Crippen LogP contribution < -0.4 is 10.6 Å². The number of urea groups is 1. The molecule has 1 saturated heterocycles. The third-order valence-corrected chi connectivity index (χ3v) is 3.69. The Hall–Kier alpha value is -1.79. The molecule has 0 bridgehead atoms. The number of nitrogens with zero attached hydrogens (tertiary/aromatic N) is 2. The molecule has 0 unspecified atom stereocenters. The van der Waals surface area contributed by atoms with E-state index in [4.69, 9.17) is 0 Å². The molecule has 1 aliphatic rings. The van der Waals surface area contributed by atoms with Gasteiger partial charge in [0.25, 0.3) is 0 Å². The van der Waals surface area contributed by atoms with Gasteiger partial charge in [0.1, 0.15) is 0 Å². The predicted octanol–water partition coefficient (Wildman–Crippen LogP) is 1.07. The molecule has 0 spiro atoms. The van der Waals surface area contributed by atoms with Crippen LogP contribution in [0.25, 0.3) is 0 Å². The number of carbonyl (C=O) groups is 2. The van der Waals surface area contributed by atoms with Crippen LogP contribution in [0.15, 0.2) is 30.3 Å². The number of rotatable bonds is 5. The Balaban J connectivity index is 0.00000264. The van der Waals surface area contributed by atoms with Crippen LogP contribution in [-0.2, 0) is 11.3 Å². The predicted molar refractivity (Wildman–Crippen MR) is 92.6 cm³/mol. The Morgan fingerprint density at radius 1 is 1.22 bits per heavy atom. The van der Waals surface area contributed by atoms with E-state index in [1.165, 1.54) is 0 Å². The summed E-state index contributed by atoms with van der Waals surface area (Å²) in [5.41, 5.74) is 1.08. The average Bonchev–Trinajstić information content (AvgIpc) is 2.56. The number of piperazine rings is 1. The van der Waals surface area contributed by atoms with Crippen LogP contribution in [0.1, 0.15) is 12.0 Å². The second kappa shape index (κ2) is 10.1. The lowest BCUT2D eigenvalue weighted by Crippen LogP contribution is -2.47. The van der Waals surface area contributed by atoms with E-state index in [0.717, 1.165) is 31.7 Å². The van der Waals surface area contributed by atoms with Crippen molar-refractivity contribution in [3.63, 3.8) is 0 Å². The molecule has 0 saturated carbocycles. The first-order valence-electron chi connectivity index (χ1n) is 7.68. The highest BCUT2D eigenvalue weighted by Crippen LogP contribution is 2.02. The van der Waals surface area contributed by atoms with Gasteiger partial charge in [-0.2, -0.15) is 0 Å². The van der Waals surface area contributed by atoms with Gasteiger partial charge in [0.15, 0.2) is 0 Å². The first kappa shape index (κ1) is 19.3. The smallest absolute Gasteiger partial charge is 0.317 e. The van der Waals surface area contributed by atoms with Gasteiger partial charge < -0.3 is 20.4 Å². The van der Waals surface area contributed by atoms with Crippen molar-refractivity contribution in [3.05, 3.63) is 35.9 Å². The maximum Gasteiger partial charge on any atom is 0.317 e. The average molecular weight is 341 g/mol. The van der Waals surface area contributed by atoms with Gasteiger partial charge in [-0.3, -0.25) is 4.79 Å². The van der Waals surface area contributed by atoms with Crippen molar-refractivity contribution < 1.29 is 9.59 Å². The minimum absolute atomic E-state index is 0. The second-order valence-electron chi connectivity index (χ2n) is 5.45. The van der Waals surface area contributed by atoms with Crippen LogP contribution in [0.5, 0.6) is 0 Å². The number of hydrogen-bond donors (Lipinski definition) is 2. The number of carbonyl (C=O) groups excluding carboxylic acids is 2. The molecular weight excluding hydrogens is 316 g/mol. The zero-order valence-electron chi connectivity index (χ0n) is 13.5. The Morgan fingerprint density at radius 2 is 1.87 bits per heavy atom. The van der Waals surface area contributed by atoms with E-state index in [2.05, 4.69) is 10.6 Å². The Labute approximate surface area is 143 Å². The van der Waals surface area contributed by atoms with Crippen LogP contribution in [-0.4, -0.2) is 61.5 Å². The zero-order chi connectivity index (χ0) is 15.8. The summed E-state index contributed by atoms with van der Waals surface area (Å²) >= 11 is 0. The Bertz CT molecular complexity index is 492. The normalized spacial score (nSPS) is 13.9. The molecule has 23 heavy (non-hydrogen) atoms. The van der Waals surface area contributed by atoms with Crippen molar-refractivity contribution >= 4 is 24.3 Å². The monoisotopic (exact) mass is 340 g/mol. The third-order valence-electron chi connectivity index (χ3n) is 3.69. The van der Waals surface area contributed by atoms with Gasteiger partial charge in [-0.25, -0.2) is 4.79 Å². The third kappa shape index (κ3) is 6.46. The fraction of sp³-hybridized carbons (Fsp3) is 0.500. The molecular formula is C16H25ClN4O2. The molecule has 6 nitrogen and oxygen atoms in total. The first-order chi connectivity index (χ1) is 10.7. The van der Waals surface area contributed by atoms with Crippen molar-refractivity contribution in [1.29, 1.82) is 0 Å². The topological polar surface area (TPSA) is 64.7 Å². The molecule has 2 rings (SSSR count). The molecule has 1 fully saturated rings. The van der Waals surface area contributed by atoms with E-state index >= 15 is 0 Å². The number of hydrogen-bond acceptors (Lipinski definition) is 3. The van der Waals surface area contributed by atoms with Crippen molar-refractivity contribution in [3.8, 4) is 0 Å². The SMILES string of the molecule is CN(Cc1ccccc1)C(=O)NCCC(=O)N1CCNCC1.Cl. The van der Waals surface area contributed by atoms with Gasteiger partial charge >= 0.3 is 6.03 Å². The molecule has 1 aromatic rings. The molecule has 0 aromatic heterocycles. The van der Waals surface area contributed by atoms with Crippen LogP contribution in [0.2, 0.25) is 0 Å². The highest BCUT2D eigenvalue weighted by atomic mass is 35.5. The number of amides is 3. The zero-order valence-corrected chi connectivity index (χ0v) is 14.3. The summed E-state index contributed by atoms with van der Waals surface area (Å²) in [5.74, 6) is 0.104. The lowest BCUT2D eigenvalue weighted by Gasteiger charge is -2.27. The number of halogens is 1. The van der Waals surface area contributed by atoms with E-state index < -0.39 is 0 Å². The number of benzene rings is 1. The molecule has 1 heterocycles. The molecule has 7 heteroatoms. The highest BCUT2D eigenvalue weighted by molar-refractivity contribution is 5.85. The van der Waals surface area contributed by atoms with Gasteiger partial charge in [-0.05, 0) is 5.56 Å². The fourth-order valence-electron chi connectivity index (χ4n) is 2.41. The van der Waals surface area contributed by atoms with E-state index in [1.807, 2.05) is 35.2 Å². The fourth-order valence-corrected chi connectivity index (χ4v) is 2.41. The van der Waals surface area contributed by atoms with Crippen molar-refractivity contribution in [2.45, 2.75) is 13.0 Å². The van der Waals surface area contributed by atoms with E-state index in [0.29, 0.717) is 19.5 Å². The Morgan fingerprint density at radius 3 is 2.52 bits per heavy atom. The van der Waals surface area contributed by atoms with Crippen LogP contribution in [0.3, 0.4) is 0 Å². The van der Waals surface area contributed by atoms with Crippen molar-refractivity contribution in [2.24, 2.45) is 0 Å². The van der Waals surface area contributed by atoms with Gasteiger partial charge in [0.2, 0.25) is 5.91 Å². The van der Waals surface area contributed by atoms with Crippen LogP contribution in [0.4, 0.5) is 4.79 Å². The van der Waals surface area contributed by atoms with E-state index in [-0.39, 0.29) is 24.3 Å². The lowest BCUT2D eigenvalue weighted by molar-refractivity contribution is -0.131. The van der Waals surface area contributed by atoms with E-state index in [1.54, 1.807) is 11.9 Å². The molecule has 128 valence electrons.